The van der Waals surface area contributed by atoms with Crippen molar-refractivity contribution in [1.82, 2.24) is 10.1 Å². The molecule has 0 spiro atoms. The van der Waals surface area contributed by atoms with E-state index in [1.165, 1.54) is 0 Å². The maximum Gasteiger partial charge on any atom is 0.313 e. The van der Waals surface area contributed by atoms with Crippen LogP contribution in [0.2, 0.25) is 0 Å². The van der Waals surface area contributed by atoms with Crippen LogP contribution in [0.1, 0.15) is 34.8 Å². The Morgan fingerprint density at radius 2 is 2.05 bits per heavy atom. The number of nitrogens with one attached hydrogen (secondary N) is 1. The zero-order valence-electron chi connectivity index (χ0n) is 11.3. The number of hydrogen-bond donors (Lipinski definition) is 1. The molecule has 2 heterocycles. The van der Waals surface area contributed by atoms with Gasteiger partial charge in [-0.3, -0.25) is 10.1 Å². The van der Waals surface area contributed by atoms with Gasteiger partial charge in [-0.25, -0.2) is 4.98 Å². The summed E-state index contributed by atoms with van der Waals surface area (Å²) in [6.45, 7) is 0. The van der Waals surface area contributed by atoms with Gasteiger partial charge in [0.15, 0.2) is 5.58 Å². The van der Waals surface area contributed by atoms with Crippen LogP contribution in [0, 0.1) is 0 Å². The number of aromatic nitrogens is 2. The summed E-state index contributed by atoms with van der Waals surface area (Å²) in [6.07, 6.45) is 3.97. The largest absolute Gasteiger partial charge is 0.432 e. The van der Waals surface area contributed by atoms with Crippen molar-refractivity contribution in [3.63, 3.8) is 0 Å². The Hall–Kier alpha value is -2.63. The average molecular weight is 283 g/mol. The number of benzene rings is 1. The number of hydrogen-bond acceptors (Lipinski definition) is 5. The smallest absolute Gasteiger partial charge is 0.313 e. The molecule has 1 aliphatic rings. The first-order valence-corrected chi connectivity index (χ1v) is 6.95. The van der Waals surface area contributed by atoms with Crippen LogP contribution in [-0.2, 0) is 12.8 Å². The molecule has 1 amide bonds. The normalized spacial score (nSPS) is 14.1. The predicted octanol–water partition coefficient (Wildman–Crippen LogP) is 2.95. The van der Waals surface area contributed by atoms with E-state index in [0.29, 0.717) is 17.0 Å². The van der Waals surface area contributed by atoms with E-state index in [0.717, 1.165) is 36.9 Å². The van der Waals surface area contributed by atoms with E-state index in [1.54, 1.807) is 12.1 Å². The summed E-state index contributed by atoms with van der Waals surface area (Å²) >= 11 is 0. The van der Waals surface area contributed by atoms with E-state index in [2.05, 4.69) is 15.5 Å². The second-order valence-corrected chi connectivity index (χ2v) is 5.08. The highest BCUT2D eigenvalue weighted by molar-refractivity contribution is 6.01. The number of aryl methyl sites for hydroxylation is 1. The minimum absolute atomic E-state index is 0.0251. The third-order valence-electron chi connectivity index (χ3n) is 3.68. The number of nitrogens with zero attached hydrogens (tertiary/aromatic N) is 2. The second-order valence-electron chi connectivity index (χ2n) is 5.08. The SMILES string of the molecule is O=C(Nc1onc2c1CCCC2)c1nc2ccccc2o1. The van der Waals surface area contributed by atoms with Crippen molar-refractivity contribution < 1.29 is 13.7 Å². The molecule has 0 aliphatic heterocycles. The summed E-state index contributed by atoms with van der Waals surface area (Å²) in [5, 5.41) is 6.71. The van der Waals surface area contributed by atoms with Gasteiger partial charge in [0, 0.05) is 5.56 Å². The van der Waals surface area contributed by atoms with Crippen LogP contribution in [-0.4, -0.2) is 16.0 Å². The molecule has 6 heteroatoms. The van der Waals surface area contributed by atoms with Gasteiger partial charge in [-0.1, -0.05) is 17.3 Å². The molecule has 0 saturated carbocycles. The lowest BCUT2D eigenvalue weighted by Gasteiger charge is -2.08. The summed E-state index contributed by atoms with van der Waals surface area (Å²) < 4.78 is 10.7. The van der Waals surface area contributed by atoms with Gasteiger partial charge in [-0.05, 0) is 37.8 Å². The molecule has 4 rings (SSSR count). The van der Waals surface area contributed by atoms with E-state index in [4.69, 9.17) is 8.94 Å². The minimum Gasteiger partial charge on any atom is -0.432 e. The van der Waals surface area contributed by atoms with E-state index in [9.17, 15) is 4.79 Å². The molecule has 1 aromatic carbocycles. The number of oxazole rings is 1. The summed E-state index contributed by atoms with van der Waals surface area (Å²) in [5.41, 5.74) is 3.17. The van der Waals surface area contributed by atoms with Crippen molar-refractivity contribution in [1.29, 1.82) is 0 Å². The molecule has 1 N–H and O–H groups in total. The van der Waals surface area contributed by atoms with E-state index in [1.807, 2.05) is 12.1 Å². The first kappa shape index (κ1) is 12.1. The summed E-state index contributed by atoms with van der Waals surface area (Å²) in [6, 6.07) is 7.25. The van der Waals surface area contributed by atoms with Crippen molar-refractivity contribution in [2.24, 2.45) is 0 Å². The number of fused-ring (bicyclic) bond motifs is 2. The molecule has 1 aliphatic carbocycles. The molecule has 0 bridgehead atoms. The van der Waals surface area contributed by atoms with Crippen molar-refractivity contribution in [3.8, 4) is 0 Å². The quantitative estimate of drug-likeness (QED) is 0.782. The summed E-state index contributed by atoms with van der Waals surface area (Å²) in [5.74, 6) is 0.0184. The molecule has 3 aromatic rings. The molecular formula is C15H13N3O3. The third kappa shape index (κ3) is 2.08. The Kier molecular flexibility index (Phi) is 2.73. The van der Waals surface area contributed by atoms with Gasteiger partial charge in [0.25, 0.3) is 5.89 Å². The van der Waals surface area contributed by atoms with E-state index >= 15 is 0 Å². The summed E-state index contributed by atoms with van der Waals surface area (Å²) in [4.78, 5) is 16.4. The molecule has 2 aromatic heterocycles. The van der Waals surface area contributed by atoms with Crippen LogP contribution < -0.4 is 5.32 Å². The number of anilines is 1. The fourth-order valence-corrected chi connectivity index (χ4v) is 2.61. The van der Waals surface area contributed by atoms with E-state index < -0.39 is 5.91 Å². The maximum atomic E-state index is 12.2. The highest BCUT2D eigenvalue weighted by Crippen LogP contribution is 2.28. The Morgan fingerprint density at radius 3 is 2.95 bits per heavy atom. The number of rotatable bonds is 2. The molecule has 0 fully saturated rings. The van der Waals surface area contributed by atoms with Crippen molar-refractivity contribution >= 4 is 22.9 Å². The maximum absolute atomic E-state index is 12.2. The fourth-order valence-electron chi connectivity index (χ4n) is 2.61. The molecule has 6 nitrogen and oxygen atoms in total. The lowest BCUT2D eigenvalue weighted by atomic mass is 9.98. The molecule has 0 saturated heterocycles. The van der Waals surface area contributed by atoms with Crippen LogP contribution in [0.25, 0.3) is 11.1 Å². The highest BCUT2D eigenvalue weighted by Gasteiger charge is 2.23. The van der Waals surface area contributed by atoms with Crippen LogP contribution in [0.3, 0.4) is 0 Å². The van der Waals surface area contributed by atoms with Crippen molar-refractivity contribution in [2.45, 2.75) is 25.7 Å². The van der Waals surface area contributed by atoms with Gasteiger partial charge in [-0.2, -0.15) is 0 Å². The Bertz CT molecular complexity index is 786. The van der Waals surface area contributed by atoms with Gasteiger partial charge in [0.2, 0.25) is 5.88 Å². The van der Waals surface area contributed by atoms with Crippen LogP contribution in [0.4, 0.5) is 5.88 Å². The second kappa shape index (κ2) is 4.73. The first-order valence-electron chi connectivity index (χ1n) is 6.95. The predicted molar refractivity (Wildman–Crippen MR) is 75.1 cm³/mol. The van der Waals surface area contributed by atoms with Gasteiger partial charge in [-0.15, -0.1) is 0 Å². The fraction of sp³-hybridized carbons (Fsp3) is 0.267. The number of para-hydroxylation sites is 2. The topological polar surface area (TPSA) is 81.2 Å². The molecule has 106 valence electrons. The molecule has 0 atom stereocenters. The standard InChI is InChI=1S/C15H13N3O3/c19-13(15-16-11-7-3-4-8-12(11)20-15)17-14-9-5-1-2-6-10(9)18-21-14/h3-4,7-8H,1-2,5-6H2,(H,17,19). The van der Waals surface area contributed by atoms with Crippen molar-refractivity contribution in [3.05, 3.63) is 41.4 Å². The number of carbonyl (C=O) groups is 1. The van der Waals surface area contributed by atoms with Crippen LogP contribution >= 0.6 is 0 Å². The minimum atomic E-state index is -0.421. The average Bonchev–Trinajstić information content (AvgIpc) is 3.11. The van der Waals surface area contributed by atoms with Crippen LogP contribution in [0.5, 0.6) is 0 Å². The monoisotopic (exact) mass is 283 g/mol. The number of carbonyl (C=O) groups excluding carboxylic acids is 1. The Morgan fingerprint density at radius 1 is 1.19 bits per heavy atom. The van der Waals surface area contributed by atoms with Gasteiger partial charge < -0.3 is 8.94 Å². The zero-order valence-corrected chi connectivity index (χ0v) is 11.3. The van der Waals surface area contributed by atoms with E-state index in [-0.39, 0.29) is 5.89 Å². The number of amides is 1. The summed E-state index contributed by atoms with van der Waals surface area (Å²) in [7, 11) is 0. The van der Waals surface area contributed by atoms with Gasteiger partial charge in [0.1, 0.15) is 5.52 Å². The van der Waals surface area contributed by atoms with Gasteiger partial charge in [0.05, 0.1) is 5.69 Å². The van der Waals surface area contributed by atoms with Crippen molar-refractivity contribution in [2.75, 3.05) is 5.32 Å². The first-order chi connectivity index (χ1) is 10.3. The highest BCUT2D eigenvalue weighted by atomic mass is 16.5. The lowest BCUT2D eigenvalue weighted by molar-refractivity contribution is 0.0989. The molecule has 0 radical (unpaired) electrons. The van der Waals surface area contributed by atoms with Crippen LogP contribution in [0.15, 0.2) is 33.2 Å². The Labute approximate surface area is 120 Å². The zero-order chi connectivity index (χ0) is 14.2. The third-order valence-corrected chi connectivity index (χ3v) is 3.68. The molecule has 21 heavy (non-hydrogen) atoms. The Balaban J connectivity index is 1.62. The molecule has 0 unspecified atom stereocenters. The van der Waals surface area contributed by atoms with Gasteiger partial charge >= 0.3 is 5.91 Å². The molecular weight excluding hydrogens is 270 g/mol. The lowest BCUT2D eigenvalue weighted by Crippen LogP contribution is -2.13.